The van der Waals surface area contributed by atoms with Gasteiger partial charge in [-0.25, -0.2) is 9.59 Å². The van der Waals surface area contributed by atoms with Gasteiger partial charge < -0.3 is 35.3 Å². The quantitative estimate of drug-likeness (QED) is 0.241. The number of carboxylic acid groups (broad SMARTS) is 1. The summed E-state index contributed by atoms with van der Waals surface area (Å²) in [5.74, 6) is -4.09. The summed E-state index contributed by atoms with van der Waals surface area (Å²) in [5, 5.41) is 15.4. The van der Waals surface area contributed by atoms with Gasteiger partial charge in [-0.3, -0.25) is 9.59 Å². The summed E-state index contributed by atoms with van der Waals surface area (Å²) in [6.07, 6.45) is -0.685. The van der Waals surface area contributed by atoms with Crippen LogP contribution in [0, 0.1) is 0 Å². The molecule has 0 radical (unpaired) electrons. The lowest BCUT2D eigenvalue weighted by atomic mass is 10.0. The van der Waals surface area contributed by atoms with Crippen LogP contribution in [-0.2, 0) is 35.0 Å². The Hall–Kier alpha value is -3.46. The molecule has 0 aromatic heterocycles. The first-order chi connectivity index (χ1) is 17.7. The lowest BCUT2D eigenvalue weighted by Crippen LogP contribution is -2.58. The lowest BCUT2D eigenvalue weighted by Gasteiger charge is -2.26. The molecule has 1 rings (SSSR count). The van der Waals surface area contributed by atoms with Crippen LogP contribution in [-0.4, -0.2) is 79.1 Å². The SMILES string of the molecule is CC(C)(C)OC(=O)N[C@@H](CCc1ccccc1)C(=O)N[C@@H](COC(F)F)C(=O)N[C@@H](COC(F)F)C(=O)O. The molecule has 0 bridgehead atoms. The standard InChI is InChI=1S/C23H31F4N3O8/c1-23(2,3)38-22(35)30-14(10-9-13-7-5-4-6-8-13)17(31)28-15(11-36-20(24)25)18(32)29-16(19(33)34)12-37-21(26)27/h4-8,14-16,20-21H,9-12H2,1-3H3,(H,28,31)(H,29,32)(H,30,35)(H,33,34)/t14-,15-,16-/m0/s1. The first kappa shape index (κ1) is 32.6. The number of aryl methyl sites for hydroxylation is 1. The third-order valence-corrected chi connectivity index (χ3v) is 4.60. The fourth-order valence-corrected chi connectivity index (χ4v) is 2.91. The molecule has 15 heteroatoms. The summed E-state index contributed by atoms with van der Waals surface area (Å²) in [4.78, 5) is 49.2. The summed E-state index contributed by atoms with van der Waals surface area (Å²) in [6, 6.07) is 3.63. The molecule has 0 spiro atoms. The van der Waals surface area contributed by atoms with Crippen LogP contribution in [0.4, 0.5) is 22.4 Å². The van der Waals surface area contributed by atoms with Gasteiger partial charge in [0.1, 0.15) is 17.7 Å². The van der Waals surface area contributed by atoms with E-state index < -0.39 is 74.0 Å². The predicted octanol–water partition coefficient (Wildman–Crippen LogP) is 2.05. The number of hydrogen-bond acceptors (Lipinski definition) is 7. The number of hydrogen-bond donors (Lipinski definition) is 4. The molecule has 0 fully saturated rings. The number of benzene rings is 1. The second-order valence-corrected chi connectivity index (χ2v) is 8.87. The zero-order chi connectivity index (χ0) is 28.9. The van der Waals surface area contributed by atoms with E-state index >= 15 is 0 Å². The maximum Gasteiger partial charge on any atom is 0.408 e. The van der Waals surface area contributed by atoms with E-state index in [-0.39, 0.29) is 12.8 Å². The number of ether oxygens (including phenoxy) is 3. The van der Waals surface area contributed by atoms with Crippen LogP contribution in [0.5, 0.6) is 0 Å². The van der Waals surface area contributed by atoms with Crippen molar-refractivity contribution in [2.45, 2.75) is 70.6 Å². The van der Waals surface area contributed by atoms with Gasteiger partial charge in [-0.15, -0.1) is 0 Å². The highest BCUT2D eigenvalue weighted by Crippen LogP contribution is 2.10. The molecule has 1 aromatic carbocycles. The first-order valence-corrected chi connectivity index (χ1v) is 11.3. The van der Waals surface area contributed by atoms with Crippen LogP contribution in [0.3, 0.4) is 0 Å². The Balaban J connectivity index is 3.06. The zero-order valence-electron chi connectivity index (χ0n) is 20.9. The summed E-state index contributed by atoms with van der Waals surface area (Å²) in [7, 11) is 0. The molecule has 1 aromatic rings. The fourth-order valence-electron chi connectivity index (χ4n) is 2.91. The van der Waals surface area contributed by atoms with Crippen molar-refractivity contribution >= 4 is 23.9 Å². The second kappa shape index (κ2) is 15.7. The second-order valence-electron chi connectivity index (χ2n) is 8.87. The molecule has 0 saturated heterocycles. The number of alkyl halides is 4. The van der Waals surface area contributed by atoms with Crippen molar-refractivity contribution in [2.75, 3.05) is 13.2 Å². The molecule has 0 aliphatic heterocycles. The molecule has 0 heterocycles. The predicted molar refractivity (Wildman–Crippen MR) is 123 cm³/mol. The number of carbonyl (C=O) groups excluding carboxylic acids is 3. The highest BCUT2D eigenvalue weighted by atomic mass is 19.3. The maximum atomic E-state index is 13.0. The van der Waals surface area contributed by atoms with E-state index in [0.717, 1.165) is 5.56 Å². The summed E-state index contributed by atoms with van der Waals surface area (Å²) >= 11 is 0. The highest BCUT2D eigenvalue weighted by molar-refractivity contribution is 5.93. The van der Waals surface area contributed by atoms with Crippen molar-refractivity contribution in [3.63, 3.8) is 0 Å². The van der Waals surface area contributed by atoms with E-state index in [0.29, 0.717) is 0 Å². The molecule has 214 valence electrons. The third-order valence-electron chi connectivity index (χ3n) is 4.60. The molecule has 38 heavy (non-hydrogen) atoms. The fraction of sp³-hybridized carbons (Fsp3) is 0.565. The number of aliphatic carboxylic acids is 1. The largest absolute Gasteiger partial charge is 0.480 e. The number of carboxylic acids is 1. The van der Waals surface area contributed by atoms with Crippen LogP contribution in [0.15, 0.2) is 30.3 Å². The van der Waals surface area contributed by atoms with Crippen molar-refractivity contribution in [3.05, 3.63) is 35.9 Å². The monoisotopic (exact) mass is 553 g/mol. The molecular formula is C23H31F4N3O8. The zero-order valence-corrected chi connectivity index (χ0v) is 20.9. The van der Waals surface area contributed by atoms with Gasteiger partial charge in [0.2, 0.25) is 11.8 Å². The molecule has 3 atom stereocenters. The van der Waals surface area contributed by atoms with Gasteiger partial charge in [0.15, 0.2) is 6.04 Å². The van der Waals surface area contributed by atoms with E-state index in [1.807, 2.05) is 5.32 Å². The average Bonchev–Trinajstić information content (AvgIpc) is 2.80. The summed E-state index contributed by atoms with van der Waals surface area (Å²) in [5.41, 5.74) is -0.112. The van der Waals surface area contributed by atoms with Crippen LogP contribution >= 0.6 is 0 Å². The topological polar surface area (TPSA) is 152 Å². The number of rotatable bonds is 15. The van der Waals surface area contributed by atoms with Gasteiger partial charge in [-0.05, 0) is 39.2 Å². The average molecular weight is 554 g/mol. The maximum absolute atomic E-state index is 13.0. The van der Waals surface area contributed by atoms with E-state index in [1.54, 1.807) is 51.1 Å². The van der Waals surface area contributed by atoms with Gasteiger partial charge in [-0.1, -0.05) is 30.3 Å². The van der Waals surface area contributed by atoms with E-state index in [9.17, 15) is 36.7 Å². The Morgan fingerprint density at radius 3 is 1.82 bits per heavy atom. The van der Waals surface area contributed by atoms with Crippen LogP contribution in [0.1, 0.15) is 32.8 Å². The number of carbonyl (C=O) groups is 4. The molecule has 0 aliphatic carbocycles. The molecular weight excluding hydrogens is 522 g/mol. The van der Waals surface area contributed by atoms with Gasteiger partial charge in [0.25, 0.3) is 0 Å². The summed E-state index contributed by atoms with van der Waals surface area (Å²) < 4.78 is 63.0. The van der Waals surface area contributed by atoms with Crippen LogP contribution < -0.4 is 16.0 Å². The summed E-state index contributed by atoms with van der Waals surface area (Å²) in [6.45, 7) is -4.17. The van der Waals surface area contributed by atoms with Crippen molar-refractivity contribution in [3.8, 4) is 0 Å². The first-order valence-electron chi connectivity index (χ1n) is 11.3. The van der Waals surface area contributed by atoms with E-state index in [4.69, 9.17) is 9.84 Å². The van der Waals surface area contributed by atoms with Crippen molar-refractivity contribution in [1.82, 2.24) is 16.0 Å². The number of amides is 3. The van der Waals surface area contributed by atoms with Crippen molar-refractivity contribution in [2.24, 2.45) is 0 Å². The van der Waals surface area contributed by atoms with Crippen LogP contribution in [0.25, 0.3) is 0 Å². The normalized spacial score (nSPS) is 13.9. The van der Waals surface area contributed by atoms with E-state index in [2.05, 4.69) is 20.1 Å². The number of nitrogens with one attached hydrogen (secondary N) is 3. The molecule has 0 saturated carbocycles. The molecule has 0 unspecified atom stereocenters. The molecule has 11 nitrogen and oxygen atoms in total. The molecule has 0 aliphatic rings. The van der Waals surface area contributed by atoms with Gasteiger partial charge in [-0.2, -0.15) is 17.6 Å². The van der Waals surface area contributed by atoms with Crippen LogP contribution in [0.2, 0.25) is 0 Å². The van der Waals surface area contributed by atoms with Crippen molar-refractivity contribution < 1.29 is 56.1 Å². The molecule has 4 N–H and O–H groups in total. The van der Waals surface area contributed by atoms with Gasteiger partial charge in [0.05, 0.1) is 13.2 Å². The smallest absolute Gasteiger partial charge is 0.408 e. The Morgan fingerprint density at radius 1 is 0.816 bits per heavy atom. The Bertz CT molecular complexity index is 916. The number of halogens is 4. The Kier molecular flexibility index (Phi) is 13.5. The highest BCUT2D eigenvalue weighted by Gasteiger charge is 2.31. The minimum Gasteiger partial charge on any atom is -0.480 e. The van der Waals surface area contributed by atoms with Gasteiger partial charge in [0, 0.05) is 0 Å². The Labute approximate surface area is 216 Å². The van der Waals surface area contributed by atoms with E-state index in [1.165, 1.54) is 0 Å². The Morgan fingerprint density at radius 2 is 1.32 bits per heavy atom. The third kappa shape index (κ3) is 13.7. The van der Waals surface area contributed by atoms with Gasteiger partial charge >= 0.3 is 25.3 Å². The number of alkyl carbamates (subject to hydrolysis) is 1. The minimum absolute atomic E-state index is 0.000881. The van der Waals surface area contributed by atoms with Crippen molar-refractivity contribution in [1.29, 1.82) is 0 Å². The lowest BCUT2D eigenvalue weighted by molar-refractivity contribution is -0.159. The minimum atomic E-state index is -3.35. The molecule has 3 amide bonds.